The van der Waals surface area contributed by atoms with E-state index in [9.17, 15) is 21.6 Å². The van der Waals surface area contributed by atoms with Crippen LogP contribution in [0.3, 0.4) is 0 Å². The smallest absolute Gasteiger partial charge is 0.254 e. The summed E-state index contributed by atoms with van der Waals surface area (Å²) in [7, 11) is -5.39. The SMILES string of the molecule is O=S(=O)(NC1=NC2c3ccccc3CC2S1)C(F)(F)F. The van der Waals surface area contributed by atoms with Crippen LogP contribution < -0.4 is 4.72 Å². The highest BCUT2D eigenvalue weighted by Crippen LogP contribution is 2.45. The van der Waals surface area contributed by atoms with Crippen LogP contribution in [-0.2, 0) is 16.4 Å². The van der Waals surface area contributed by atoms with E-state index in [0.29, 0.717) is 6.42 Å². The second kappa shape index (κ2) is 4.39. The number of benzene rings is 1. The lowest BCUT2D eigenvalue weighted by atomic mass is 10.1. The van der Waals surface area contributed by atoms with Gasteiger partial charge < -0.3 is 0 Å². The number of aliphatic imine (C=N–C) groups is 1. The molecule has 2 aliphatic rings. The highest BCUT2D eigenvalue weighted by Gasteiger charge is 2.48. The Morgan fingerprint density at radius 3 is 2.70 bits per heavy atom. The van der Waals surface area contributed by atoms with Crippen molar-refractivity contribution in [3.05, 3.63) is 35.4 Å². The average molecular weight is 322 g/mol. The summed E-state index contributed by atoms with van der Waals surface area (Å²) in [5, 5.41) is -0.231. The first-order valence-electron chi connectivity index (χ1n) is 5.69. The number of hydrogen-bond donors (Lipinski definition) is 1. The molecule has 0 aromatic heterocycles. The molecule has 0 bridgehead atoms. The predicted molar refractivity (Wildman–Crippen MR) is 69.8 cm³/mol. The molecule has 1 aromatic rings. The lowest BCUT2D eigenvalue weighted by Gasteiger charge is -2.10. The Morgan fingerprint density at radius 2 is 2.00 bits per heavy atom. The molecule has 9 heteroatoms. The number of rotatable bonds is 1. The van der Waals surface area contributed by atoms with Crippen molar-refractivity contribution in [2.45, 2.75) is 23.2 Å². The van der Waals surface area contributed by atoms with Crippen molar-refractivity contribution in [3.8, 4) is 0 Å². The fourth-order valence-electron chi connectivity index (χ4n) is 2.32. The third-order valence-electron chi connectivity index (χ3n) is 3.19. The van der Waals surface area contributed by atoms with E-state index in [2.05, 4.69) is 4.99 Å². The minimum absolute atomic E-state index is 0.0432. The van der Waals surface area contributed by atoms with Gasteiger partial charge in [0.15, 0.2) is 5.17 Å². The summed E-state index contributed by atoms with van der Waals surface area (Å²) in [5.74, 6) is 0. The van der Waals surface area contributed by atoms with Crippen molar-refractivity contribution < 1.29 is 21.6 Å². The van der Waals surface area contributed by atoms with Gasteiger partial charge >= 0.3 is 15.5 Å². The molecule has 1 aliphatic heterocycles. The predicted octanol–water partition coefficient (Wildman–Crippen LogP) is 2.19. The Balaban J connectivity index is 1.84. The summed E-state index contributed by atoms with van der Waals surface area (Å²) in [6.07, 6.45) is 0.673. The van der Waals surface area contributed by atoms with Gasteiger partial charge in [0.05, 0.1) is 6.04 Å². The van der Waals surface area contributed by atoms with Gasteiger partial charge in [-0.3, -0.25) is 9.71 Å². The Bertz CT molecular complexity index is 685. The number of fused-ring (bicyclic) bond motifs is 3. The Hall–Kier alpha value is -1.22. The standard InChI is InChI=1S/C11H9F3N2O2S2/c12-11(13,14)20(17,18)16-10-15-9-7-4-2-1-3-6(7)5-8(9)19-10/h1-4,8-9H,5H2,(H,15,16). The number of thioether (sulfide) groups is 1. The highest BCUT2D eigenvalue weighted by atomic mass is 32.2. The van der Waals surface area contributed by atoms with Gasteiger partial charge in [-0.2, -0.15) is 21.6 Å². The molecular weight excluding hydrogens is 313 g/mol. The van der Waals surface area contributed by atoms with Crippen molar-refractivity contribution in [3.63, 3.8) is 0 Å². The van der Waals surface area contributed by atoms with E-state index in [0.717, 1.165) is 22.9 Å². The molecule has 1 aliphatic carbocycles. The second-order valence-corrected chi connectivity index (χ2v) is 7.39. The normalized spacial score (nSPS) is 25.1. The summed E-state index contributed by atoms with van der Waals surface area (Å²) in [6.45, 7) is 0. The first-order valence-corrected chi connectivity index (χ1v) is 8.05. The second-order valence-electron chi connectivity index (χ2n) is 4.49. The van der Waals surface area contributed by atoms with Crippen molar-refractivity contribution in [1.82, 2.24) is 4.72 Å². The van der Waals surface area contributed by atoms with Gasteiger partial charge in [-0.05, 0) is 17.5 Å². The molecule has 0 radical (unpaired) electrons. The zero-order valence-corrected chi connectivity index (χ0v) is 11.5. The van der Waals surface area contributed by atoms with E-state index >= 15 is 0 Å². The molecule has 1 heterocycles. The number of hydrogen-bond acceptors (Lipinski definition) is 4. The summed E-state index contributed by atoms with van der Waals surface area (Å²) >= 11 is 1.04. The molecule has 0 fully saturated rings. The number of sulfonamides is 1. The van der Waals surface area contributed by atoms with Crippen molar-refractivity contribution >= 4 is 27.0 Å². The van der Waals surface area contributed by atoms with Gasteiger partial charge in [-0.1, -0.05) is 36.0 Å². The quantitative estimate of drug-likeness (QED) is 0.862. The van der Waals surface area contributed by atoms with Crippen LogP contribution >= 0.6 is 11.8 Å². The molecule has 0 amide bonds. The minimum Gasteiger partial charge on any atom is -0.254 e. The minimum atomic E-state index is -5.39. The Morgan fingerprint density at radius 1 is 1.30 bits per heavy atom. The molecule has 0 spiro atoms. The van der Waals surface area contributed by atoms with Gasteiger partial charge in [-0.15, -0.1) is 0 Å². The molecule has 1 aromatic carbocycles. The number of amidine groups is 1. The number of nitrogens with one attached hydrogen (secondary N) is 1. The van der Waals surface area contributed by atoms with Crippen LogP contribution in [0.2, 0.25) is 0 Å². The molecule has 2 unspecified atom stereocenters. The van der Waals surface area contributed by atoms with E-state index in [4.69, 9.17) is 0 Å². The van der Waals surface area contributed by atoms with Gasteiger partial charge in [0.1, 0.15) is 0 Å². The van der Waals surface area contributed by atoms with Crippen LogP contribution in [0, 0.1) is 0 Å². The lowest BCUT2D eigenvalue weighted by molar-refractivity contribution is -0.0442. The van der Waals surface area contributed by atoms with Crippen LogP contribution in [0.15, 0.2) is 29.3 Å². The van der Waals surface area contributed by atoms with Crippen LogP contribution in [0.25, 0.3) is 0 Å². The van der Waals surface area contributed by atoms with Crippen LogP contribution in [0.5, 0.6) is 0 Å². The number of nitrogens with zero attached hydrogens (tertiary/aromatic N) is 1. The monoisotopic (exact) mass is 322 g/mol. The molecule has 108 valence electrons. The molecule has 1 N–H and O–H groups in total. The molecular formula is C11H9F3N2O2S2. The van der Waals surface area contributed by atoms with Crippen molar-refractivity contribution in [2.75, 3.05) is 0 Å². The lowest BCUT2D eigenvalue weighted by Crippen LogP contribution is -2.38. The largest absolute Gasteiger partial charge is 0.516 e. The molecule has 2 atom stereocenters. The maximum Gasteiger partial charge on any atom is 0.516 e. The fourth-order valence-corrected chi connectivity index (χ4v) is 4.30. The van der Waals surface area contributed by atoms with E-state index in [-0.39, 0.29) is 16.5 Å². The topological polar surface area (TPSA) is 58.5 Å². The molecule has 4 nitrogen and oxygen atoms in total. The van der Waals surface area contributed by atoms with Crippen LogP contribution in [0.4, 0.5) is 13.2 Å². The Kier molecular flexibility index (Phi) is 3.02. The average Bonchev–Trinajstić information content (AvgIpc) is 2.83. The zero-order chi connectivity index (χ0) is 14.5. The zero-order valence-electron chi connectivity index (χ0n) is 9.89. The maximum atomic E-state index is 12.3. The number of alkyl halides is 3. The molecule has 3 rings (SSSR count). The number of halogens is 3. The first kappa shape index (κ1) is 13.7. The van der Waals surface area contributed by atoms with E-state index < -0.39 is 15.5 Å². The van der Waals surface area contributed by atoms with E-state index in [1.807, 2.05) is 24.3 Å². The van der Waals surface area contributed by atoms with Crippen LogP contribution in [0.1, 0.15) is 17.2 Å². The highest BCUT2D eigenvalue weighted by molar-refractivity contribution is 8.15. The Labute approximate surface area is 117 Å². The van der Waals surface area contributed by atoms with Crippen molar-refractivity contribution in [1.29, 1.82) is 0 Å². The van der Waals surface area contributed by atoms with Crippen molar-refractivity contribution in [2.24, 2.45) is 4.99 Å². The maximum absolute atomic E-state index is 12.3. The third-order valence-corrected chi connectivity index (χ3v) is 5.55. The third kappa shape index (κ3) is 2.18. The molecule has 0 saturated carbocycles. The summed E-state index contributed by atoms with van der Waals surface area (Å²) in [6, 6.07) is 7.26. The van der Waals surface area contributed by atoms with Crippen LogP contribution in [-0.4, -0.2) is 24.3 Å². The summed E-state index contributed by atoms with van der Waals surface area (Å²) < 4.78 is 60.5. The van der Waals surface area contributed by atoms with E-state index in [1.54, 1.807) is 0 Å². The summed E-state index contributed by atoms with van der Waals surface area (Å²) in [4.78, 5) is 4.08. The van der Waals surface area contributed by atoms with Gasteiger partial charge in [0.2, 0.25) is 0 Å². The summed E-state index contributed by atoms with van der Waals surface area (Å²) in [5.41, 5.74) is -3.27. The van der Waals surface area contributed by atoms with Gasteiger partial charge in [-0.25, -0.2) is 0 Å². The molecule has 20 heavy (non-hydrogen) atoms. The van der Waals surface area contributed by atoms with Gasteiger partial charge in [0.25, 0.3) is 0 Å². The first-order chi connectivity index (χ1) is 9.28. The van der Waals surface area contributed by atoms with E-state index in [1.165, 1.54) is 4.72 Å². The molecule has 0 saturated heterocycles. The van der Waals surface area contributed by atoms with Gasteiger partial charge in [0, 0.05) is 5.25 Å². The fraction of sp³-hybridized carbons (Fsp3) is 0.364.